The Morgan fingerprint density at radius 1 is 1.28 bits per heavy atom. The fourth-order valence-electron chi connectivity index (χ4n) is 3.19. The maximum absolute atomic E-state index is 12.9. The van der Waals surface area contributed by atoms with Crippen molar-refractivity contribution in [1.82, 2.24) is 30.0 Å². The molecule has 132 valence electrons. The van der Waals surface area contributed by atoms with E-state index in [1.807, 2.05) is 6.92 Å². The average molecular weight is 343 g/mol. The van der Waals surface area contributed by atoms with E-state index in [-0.39, 0.29) is 12.0 Å². The van der Waals surface area contributed by atoms with Gasteiger partial charge >= 0.3 is 0 Å². The first-order valence-electron chi connectivity index (χ1n) is 8.58. The summed E-state index contributed by atoms with van der Waals surface area (Å²) in [6.07, 6.45) is 3.62. The lowest BCUT2D eigenvalue weighted by molar-refractivity contribution is -0.0268. The van der Waals surface area contributed by atoms with Gasteiger partial charge in [0.25, 0.3) is 5.91 Å². The van der Waals surface area contributed by atoms with Gasteiger partial charge in [-0.15, -0.1) is 0 Å². The maximum atomic E-state index is 12.9. The van der Waals surface area contributed by atoms with Crippen LogP contribution in [-0.2, 0) is 4.74 Å². The minimum Gasteiger partial charge on any atom is -0.366 e. The SMILES string of the molecule is Cc1nc(C2CN(C(=O)c3ccnc(N4CCCC4)n3)CCO2)n[nH]1. The molecule has 1 N–H and O–H groups in total. The number of aromatic amines is 1. The van der Waals surface area contributed by atoms with Crippen molar-refractivity contribution < 1.29 is 9.53 Å². The minimum atomic E-state index is -0.317. The molecule has 4 heterocycles. The van der Waals surface area contributed by atoms with E-state index in [0.717, 1.165) is 31.8 Å². The maximum Gasteiger partial charge on any atom is 0.272 e. The number of aryl methyl sites for hydroxylation is 1. The highest BCUT2D eigenvalue weighted by molar-refractivity contribution is 5.92. The molecule has 2 aromatic heterocycles. The molecule has 25 heavy (non-hydrogen) atoms. The largest absolute Gasteiger partial charge is 0.366 e. The van der Waals surface area contributed by atoms with Crippen LogP contribution >= 0.6 is 0 Å². The second-order valence-corrected chi connectivity index (χ2v) is 6.33. The number of nitrogens with one attached hydrogen (secondary N) is 1. The third-order valence-electron chi connectivity index (χ3n) is 4.51. The summed E-state index contributed by atoms with van der Waals surface area (Å²) in [7, 11) is 0. The third kappa shape index (κ3) is 3.32. The van der Waals surface area contributed by atoms with Gasteiger partial charge in [-0.1, -0.05) is 0 Å². The number of hydrogen-bond donors (Lipinski definition) is 1. The quantitative estimate of drug-likeness (QED) is 0.876. The summed E-state index contributed by atoms with van der Waals surface area (Å²) in [6, 6.07) is 1.67. The van der Waals surface area contributed by atoms with Crippen LogP contribution in [0.25, 0.3) is 0 Å². The average Bonchev–Trinajstić information content (AvgIpc) is 3.33. The molecular weight excluding hydrogens is 322 g/mol. The number of carbonyl (C=O) groups excluding carboxylic acids is 1. The van der Waals surface area contributed by atoms with Gasteiger partial charge in [0.1, 0.15) is 17.6 Å². The minimum absolute atomic E-state index is 0.108. The summed E-state index contributed by atoms with van der Waals surface area (Å²) in [5, 5.41) is 6.95. The normalized spacial score (nSPS) is 20.9. The standard InChI is InChI=1S/C16H21N7O2/c1-11-18-14(21-20-11)13-10-23(8-9-25-13)15(24)12-4-5-17-16(19-12)22-6-2-3-7-22/h4-5,13H,2-3,6-10H2,1H3,(H,18,20,21). The summed E-state index contributed by atoms with van der Waals surface area (Å²) in [5.41, 5.74) is 0.420. The fourth-order valence-corrected chi connectivity index (χ4v) is 3.19. The van der Waals surface area contributed by atoms with Crippen LogP contribution in [-0.4, -0.2) is 68.7 Å². The summed E-state index contributed by atoms with van der Waals surface area (Å²) < 4.78 is 5.72. The van der Waals surface area contributed by atoms with Crippen molar-refractivity contribution in [2.75, 3.05) is 37.7 Å². The lowest BCUT2D eigenvalue weighted by Gasteiger charge is -2.31. The first kappa shape index (κ1) is 15.9. The number of anilines is 1. The van der Waals surface area contributed by atoms with Gasteiger partial charge in [0.2, 0.25) is 5.95 Å². The highest BCUT2D eigenvalue weighted by Crippen LogP contribution is 2.21. The van der Waals surface area contributed by atoms with E-state index in [2.05, 4.69) is 30.0 Å². The molecule has 9 nitrogen and oxygen atoms in total. The van der Waals surface area contributed by atoms with Gasteiger partial charge < -0.3 is 14.5 Å². The fraction of sp³-hybridized carbons (Fsp3) is 0.562. The van der Waals surface area contributed by atoms with Crippen molar-refractivity contribution in [3.05, 3.63) is 29.6 Å². The Balaban J connectivity index is 1.49. The van der Waals surface area contributed by atoms with Crippen LogP contribution in [0.4, 0.5) is 5.95 Å². The zero-order valence-electron chi connectivity index (χ0n) is 14.2. The predicted octanol–water partition coefficient (Wildman–Crippen LogP) is 0.717. The Morgan fingerprint density at radius 3 is 2.88 bits per heavy atom. The van der Waals surface area contributed by atoms with E-state index in [1.54, 1.807) is 17.2 Å². The first-order chi connectivity index (χ1) is 12.2. The molecular formula is C16H21N7O2. The molecule has 0 aliphatic carbocycles. The van der Waals surface area contributed by atoms with Crippen molar-refractivity contribution in [2.24, 2.45) is 0 Å². The van der Waals surface area contributed by atoms with Crippen LogP contribution in [0.1, 0.15) is 41.1 Å². The molecule has 4 rings (SSSR count). The Labute approximate surface area is 145 Å². The molecule has 2 aliphatic heterocycles. The number of carbonyl (C=O) groups is 1. The Kier molecular flexibility index (Phi) is 4.31. The van der Waals surface area contributed by atoms with Gasteiger partial charge in [0, 0.05) is 25.8 Å². The van der Waals surface area contributed by atoms with Crippen molar-refractivity contribution in [1.29, 1.82) is 0 Å². The molecule has 1 unspecified atom stereocenters. The molecule has 0 aromatic carbocycles. The number of aromatic nitrogens is 5. The molecule has 2 saturated heterocycles. The highest BCUT2D eigenvalue weighted by atomic mass is 16.5. The van der Waals surface area contributed by atoms with Crippen molar-refractivity contribution >= 4 is 11.9 Å². The third-order valence-corrected chi connectivity index (χ3v) is 4.51. The molecule has 1 amide bonds. The number of rotatable bonds is 3. The molecule has 0 bridgehead atoms. The van der Waals surface area contributed by atoms with Gasteiger partial charge in [-0.2, -0.15) is 5.10 Å². The number of hydrogen-bond acceptors (Lipinski definition) is 7. The molecule has 0 radical (unpaired) electrons. The highest BCUT2D eigenvalue weighted by Gasteiger charge is 2.29. The van der Waals surface area contributed by atoms with Gasteiger partial charge in [0.05, 0.1) is 13.2 Å². The van der Waals surface area contributed by atoms with E-state index in [1.165, 1.54) is 0 Å². The predicted molar refractivity (Wildman–Crippen MR) is 89.2 cm³/mol. The van der Waals surface area contributed by atoms with E-state index in [0.29, 0.717) is 37.2 Å². The van der Waals surface area contributed by atoms with Crippen molar-refractivity contribution in [3.63, 3.8) is 0 Å². The van der Waals surface area contributed by atoms with Crippen LogP contribution in [0.5, 0.6) is 0 Å². The smallest absolute Gasteiger partial charge is 0.272 e. The number of nitrogens with zero attached hydrogens (tertiary/aromatic N) is 6. The summed E-state index contributed by atoms with van der Waals surface area (Å²) >= 11 is 0. The number of H-pyrrole nitrogens is 1. The molecule has 0 spiro atoms. The lowest BCUT2D eigenvalue weighted by atomic mass is 10.2. The lowest BCUT2D eigenvalue weighted by Crippen LogP contribution is -2.43. The van der Waals surface area contributed by atoms with E-state index >= 15 is 0 Å². The first-order valence-corrected chi connectivity index (χ1v) is 8.58. The van der Waals surface area contributed by atoms with Crippen LogP contribution < -0.4 is 4.90 Å². The van der Waals surface area contributed by atoms with Crippen molar-refractivity contribution in [3.8, 4) is 0 Å². The molecule has 2 aromatic rings. The second-order valence-electron chi connectivity index (χ2n) is 6.33. The summed E-state index contributed by atoms with van der Waals surface area (Å²) in [5.74, 6) is 1.84. The van der Waals surface area contributed by atoms with Gasteiger partial charge in [-0.3, -0.25) is 9.89 Å². The molecule has 0 saturated carbocycles. The summed E-state index contributed by atoms with van der Waals surface area (Å²) in [4.78, 5) is 29.8. The van der Waals surface area contributed by atoms with E-state index in [9.17, 15) is 4.79 Å². The molecule has 2 aliphatic rings. The van der Waals surface area contributed by atoms with Crippen LogP contribution in [0.2, 0.25) is 0 Å². The topological polar surface area (TPSA) is 100 Å². The molecule has 2 fully saturated rings. The van der Waals surface area contributed by atoms with Crippen molar-refractivity contribution in [2.45, 2.75) is 25.9 Å². The van der Waals surface area contributed by atoms with Gasteiger partial charge in [0.15, 0.2) is 5.82 Å². The Morgan fingerprint density at radius 2 is 2.12 bits per heavy atom. The van der Waals surface area contributed by atoms with Gasteiger partial charge in [-0.05, 0) is 25.8 Å². The van der Waals surface area contributed by atoms with E-state index in [4.69, 9.17) is 4.74 Å². The van der Waals surface area contributed by atoms with Crippen LogP contribution in [0, 0.1) is 6.92 Å². The number of ether oxygens (including phenoxy) is 1. The Hall–Kier alpha value is -2.55. The second kappa shape index (κ2) is 6.75. The van der Waals surface area contributed by atoms with Crippen LogP contribution in [0.15, 0.2) is 12.3 Å². The monoisotopic (exact) mass is 343 g/mol. The van der Waals surface area contributed by atoms with Crippen LogP contribution in [0.3, 0.4) is 0 Å². The van der Waals surface area contributed by atoms with E-state index < -0.39 is 0 Å². The molecule has 1 atom stereocenters. The zero-order valence-corrected chi connectivity index (χ0v) is 14.2. The number of amides is 1. The summed E-state index contributed by atoms with van der Waals surface area (Å²) in [6.45, 7) is 5.13. The number of morpholine rings is 1. The Bertz CT molecular complexity index is 756. The molecule has 9 heteroatoms. The zero-order chi connectivity index (χ0) is 17.2. The van der Waals surface area contributed by atoms with Gasteiger partial charge in [-0.25, -0.2) is 15.0 Å².